The van der Waals surface area contributed by atoms with Gasteiger partial charge in [0.15, 0.2) is 5.82 Å². The predicted molar refractivity (Wildman–Crippen MR) is 92.7 cm³/mol. The maximum absolute atomic E-state index is 12.5. The lowest BCUT2D eigenvalue weighted by molar-refractivity contribution is 0.0948. The van der Waals surface area contributed by atoms with Gasteiger partial charge in [-0.2, -0.15) is 4.98 Å². The van der Waals surface area contributed by atoms with Crippen LogP contribution in [0.5, 0.6) is 0 Å². The fraction of sp³-hybridized carbons (Fsp3) is 0.167. The molecule has 0 radical (unpaired) electrons. The van der Waals surface area contributed by atoms with Crippen LogP contribution in [0.4, 0.5) is 0 Å². The second-order valence-electron chi connectivity index (χ2n) is 5.19. The van der Waals surface area contributed by atoms with Gasteiger partial charge < -0.3 is 9.84 Å². The Hall–Kier alpha value is -2.60. The fourth-order valence-electron chi connectivity index (χ4n) is 2.19. The first-order valence-corrected chi connectivity index (χ1v) is 8.54. The maximum Gasteiger partial charge on any atom is 0.252 e. The minimum Gasteiger partial charge on any atom is -0.348 e. The predicted octanol–water partition coefficient (Wildman–Crippen LogP) is 3.60. The monoisotopic (exact) mass is 339 g/mol. The highest BCUT2D eigenvalue weighted by Crippen LogP contribution is 2.25. The van der Waals surface area contributed by atoms with Crippen LogP contribution in [0.1, 0.15) is 27.6 Å². The third kappa shape index (κ3) is 4.23. The molecule has 5 nitrogen and oxygen atoms in total. The largest absolute Gasteiger partial charge is 0.348 e. The van der Waals surface area contributed by atoms with Crippen molar-refractivity contribution in [3.8, 4) is 0 Å². The highest BCUT2D eigenvalue weighted by molar-refractivity contribution is 7.98. The van der Waals surface area contributed by atoms with Gasteiger partial charge in [0.2, 0.25) is 5.89 Å². The van der Waals surface area contributed by atoms with Crippen LogP contribution in [0.25, 0.3) is 0 Å². The van der Waals surface area contributed by atoms with Gasteiger partial charge in [0.1, 0.15) is 0 Å². The number of nitrogens with one attached hydrogen (secondary N) is 1. The molecule has 3 rings (SSSR count). The normalized spacial score (nSPS) is 10.5. The lowest BCUT2D eigenvalue weighted by Crippen LogP contribution is -2.23. The molecule has 0 atom stereocenters. The smallest absolute Gasteiger partial charge is 0.252 e. The molecule has 24 heavy (non-hydrogen) atoms. The highest BCUT2D eigenvalue weighted by Gasteiger charge is 2.12. The minimum atomic E-state index is -0.0938. The Morgan fingerprint density at radius 2 is 1.88 bits per heavy atom. The molecule has 1 heterocycles. The Kier molecular flexibility index (Phi) is 5.28. The Morgan fingerprint density at radius 3 is 2.62 bits per heavy atom. The van der Waals surface area contributed by atoms with Crippen molar-refractivity contribution in [3.05, 3.63) is 77.4 Å². The zero-order valence-corrected chi connectivity index (χ0v) is 14.0. The zero-order chi connectivity index (χ0) is 16.8. The number of aryl methyl sites for hydroxylation is 1. The fourth-order valence-corrected chi connectivity index (χ4v) is 3.08. The van der Waals surface area contributed by atoms with Crippen LogP contribution in [-0.4, -0.2) is 16.0 Å². The molecule has 3 aromatic rings. The molecule has 122 valence electrons. The molecular formula is C18H17N3O2S. The molecule has 0 aliphatic rings. The van der Waals surface area contributed by atoms with Crippen molar-refractivity contribution in [2.24, 2.45) is 0 Å². The average Bonchev–Trinajstić information content (AvgIpc) is 3.04. The van der Waals surface area contributed by atoms with Crippen molar-refractivity contribution in [1.29, 1.82) is 0 Å². The van der Waals surface area contributed by atoms with Crippen LogP contribution < -0.4 is 5.32 Å². The SMILES string of the molecule is Cc1noc(CSc2ccccc2C(=O)NCc2ccccc2)n1. The number of hydrogen-bond acceptors (Lipinski definition) is 5. The summed E-state index contributed by atoms with van der Waals surface area (Å²) >= 11 is 1.51. The number of rotatable bonds is 6. The first kappa shape index (κ1) is 16.3. The van der Waals surface area contributed by atoms with Gasteiger partial charge in [-0.25, -0.2) is 0 Å². The van der Waals surface area contributed by atoms with Gasteiger partial charge in [-0.05, 0) is 24.6 Å². The van der Waals surface area contributed by atoms with Crippen LogP contribution in [-0.2, 0) is 12.3 Å². The van der Waals surface area contributed by atoms with Crippen LogP contribution in [0.3, 0.4) is 0 Å². The van der Waals surface area contributed by atoms with E-state index in [1.54, 1.807) is 6.92 Å². The molecule has 0 saturated carbocycles. The van der Waals surface area contributed by atoms with E-state index >= 15 is 0 Å². The molecule has 0 aliphatic carbocycles. The second-order valence-corrected chi connectivity index (χ2v) is 6.21. The maximum atomic E-state index is 12.5. The molecule has 6 heteroatoms. The molecular weight excluding hydrogens is 322 g/mol. The van der Waals surface area contributed by atoms with Crippen molar-refractivity contribution in [2.75, 3.05) is 0 Å². The van der Waals surface area contributed by atoms with Gasteiger partial charge in [-0.1, -0.05) is 47.6 Å². The van der Waals surface area contributed by atoms with E-state index in [1.165, 1.54) is 11.8 Å². The molecule has 1 N–H and O–H groups in total. The molecule has 0 unspecified atom stereocenters. The minimum absolute atomic E-state index is 0.0938. The number of hydrogen-bond donors (Lipinski definition) is 1. The van der Waals surface area contributed by atoms with E-state index in [1.807, 2.05) is 54.6 Å². The first-order valence-electron chi connectivity index (χ1n) is 7.55. The summed E-state index contributed by atoms with van der Waals surface area (Å²) in [6.45, 7) is 2.28. The Labute approximate surface area is 144 Å². The second kappa shape index (κ2) is 7.79. The molecule has 1 aromatic heterocycles. The third-order valence-corrected chi connectivity index (χ3v) is 4.41. The number of benzene rings is 2. The number of nitrogens with zero attached hydrogens (tertiary/aromatic N) is 2. The molecule has 1 amide bonds. The standard InChI is InChI=1S/C18H17N3O2S/c1-13-20-17(23-21-13)12-24-16-10-6-5-9-15(16)18(22)19-11-14-7-3-2-4-8-14/h2-10H,11-12H2,1H3,(H,19,22). The van der Waals surface area contributed by atoms with Gasteiger partial charge in [0, 0.05) is 11.4 Å². The molecule has 0 saturated heterocycles. The van der Waals surface area contributed by atoms with Crippen LogP contribution in [0, 0.1) is 6.92 Å². The number of amides is 1. The molecule has 0 spiro atoms. The topological polar surface area (TPSA) is 68.0 Å². The average molecular weight is 339 g/mol. The van der Waals surface area contributed by atoms with E-state index in [4.69, 9.17) is 4.52 Å². The van der Waals surface area contributed by atoms with Crippen molar-refractivity contribution in [1.82, 2.24) is 15.5 Å². The van der Waals surface area contributed by atoms with Crippen molar-refractivity contribution >= 4 is 17.7 Å². The number of thioether (sulfide) groups is 1. The van der Waals surface area contributed by atoms with Gasteiger partial charge in [0.05, 0.1) is 11.3 Å². The van der Waals surface area contributed by atoms with E-state index in [0.29, 0.717) is 29.6 Å². The Balaban J connectivity index is 1.65. The lowest BCUT2D eigenvalue weighted by atomic mass is 10.2. The lowest BCUT2D eigenvalue weighted by Gasteiger charge is -2.09. The van der Waals surface area contributed by atoms with E-state index in [0.717, 1.165) is 10.5 Å². The van der Waals surface area contributed by atoms with Crippen molar-refractivity contribution in [3.63, 3.8) is 0 Å². The summed E-state index contributed by atoms with van der Waals surface area (Å²) < 4.78 is 5.11. The highest BCUT2D eigenvalue weighted by atomic mass is 32.2. The number of aromatic nitrogens is 2. The summed E-state index contributed by atoms with van der Waals surface area (Å²) in [5.41, 5.74) is 1.71. The van der Waals surface area contributed by atoms with Gasteiger partial charge in [-0.15, -0.1) is 11.8 Å². The van der Waals surface area contributed by atoms with E-state index in [9.17, 15) is 4.79 Å². The molecule has 0 fully saturated rings. The number of carbonyl (C=O) groups is 1. The summed E-state index contributed by atoms with van der Waals surface area (Å²) in [5, 5.41) is 6.72. The van der Waals surface area contributed by atoms with E-state index in [2.05, 4.69) is 15.5 Å². The quantitative estimate of drug-likeness (QED) is 0.695. The molecule has 0 bridgehead atoms. The van der Waals surface area contributed by atoms with Gasteiger partial charge in [0.25, 0.3) is 5.91 Å². The molecule has 2 aromatic carbocycles. The summed E-state index contributed by atoms with van der Waals surface area (Å²) in [4.78, 5) is 17.5. The van der Waals surface area contributed by atoms with Crippen LogP contribution >= 0.6 is 11.8 Å². The van der Waals surface area contributed by atoms with Crippen molar-refractivity contribution < 1.29 is 9.32 Å². The van der Waals surface area contributed by atoms with Gasteiger partial charge in [-0.3, -0.25) is 4.79 Å². The van der Waals surface area contributed by atoms with Gasteiger partial charge >= 0.3 is 0 Å². The first-order chi connectivity index (χ1) is 11.7. The van der Waals surface area contributed by atoms with Crippen LogP contribution in [0.15, 0.2) is 64.0 Å². The Bertz CT molecular complexity index is 818. The third-order valence-electron chi connectivity index (χ3n) is 3.35. The summed E-state index contributed by atoms with van der Waals surface area (Å²) in [6.07, 6.45) is 0. The van der Waals surface area contributed by atoms with Crippen LogP contribution in [0.2, 0.25) is 0 Å². The zero-order valence-electron chi connectivity index (χ0n) is 13.2. The summed E-state index contributed by atoms with van der Waals surface area (Å²) in [7, 11) is 0. The van der Waals surface area contributed by atoms with Crippen molar-refractivity contribution in [2.45, 2.75) is 24.1 Å². The molecule has 0 aliphatic heterocycles. The summed E-state index contributed by atoms with van der Waals surface area (Å²) in [5.74, 6) is 1.60. The van der Waals surface area contributed by atoms with E-state index < -0.39 is 0 Å². The summed E-state index contributed by atoms with van der Waals surface area (Å²) in [6, 6.07) is 17.4. The Morgan fingerprint density at radius 1 is 1.12 bits per heavy atom. The number of carbonyl (C=O) groups excluding carboxylic acids is 1. The van der Waals surface area contributed by atoms with E-state index in [-0.39, 0.29) is 5.91 Å².